The van der Waals surface area contributed by atoms with Crippen LogP contribution in [0.15, 0.2) is 41.1 Å². The Hall–Kier alpha value is -2.28. The summed E-state index contributed by atoms with van der Waals surface area (Å²) in [6.07, 6.45) is 2.12. The Labute approximate surface area is 133 Å². The summed E-state index contributed by atoms with van der Waals surface area (Å²) in [7, 11) is 1.36. The van der Waals surface area contributed by atoms with Crippen LogP contribution in [0, 0.1) is 0 Å². The molecule has 6 nitrogen and oxygen atoms in total. The monoisotopic (exact) mass is 318 g/mol. The third kappa shape index (κ3) is 4.63. The zero-order valence-electron chi connectivity index (χ0n) is 12.7. The molecule has 0 radical (unpaired) electrons. The van der Waals surface area contributed by atoms with E-state index in [4.69, 9.17) is 0 Å². The van der Waals surface area contributed by atoms with Crippen LogP contribution in [-0.4, -0.2) is 34.0 Å². The van der Waals surface area contributed by atoms with E-state index >= 15 is 0 Å². The average Bonchev–Trinajstić information content (AvgIpc) is 2.94. The minimum atomic E-state index is -0.357. The maximum absolute atomic E-state index is 11.4. The van der Waals surface area contributed by atoms with Crippen LogP contribution in [0.2, 0.25) is 0 Å². The summed E-state index contributed by atoms with van der Waals surface area (Å²) < 4.78 is 4.66. The predicted molar refractivity (Wildman–Crippen MR) is 87.6 cm³/mol. The highest BCUT2D eigenvalue weighted by Crippen LogP contribution is 2.18. The summed E-state index contributed by atoms with van der Waals surface area (Å²) in [5, 5.41) is 10.7. The number of nitrogens with one attached hydrogen (secondary N) is 2. The van der Waals surface area contributed by atoms with E-state index in [0.717, 1.165) is 11.4 Å². The number of carbonyl (C=O) groups excluding carboxylic acids is 1. The fourth-order valence-corrected chi connectivity index (χ4v) is 2.43. The highest BCUT2D eigenvalue weighted by Gasteiger charge is 2.06. The quantitative estimate of drug-likeness (QED) is 0.483. The van der Waals surface area contributed by atoms with Gasteiger partial charge >= 0.3 is 5.97 Å². The lowest BCUT2D eigenvalue weighted by Crippen LogP contribution is -2.01. The Morgan fingerprint density at radius 2 is 2.09 bits per heavy atom. The van der Waals surface area contributed by atoms with Crippen LogP contribution in [0.1, 0.15) is 24.2 Å². The summed E-state index contributed by atoms with van der Waals surface area (Å²) >= 11 is 1.56. The minimum absolute atomic E-state index is 0.357. The van der Waals surface area contributed by atoms with Crippen molar-refractivity contribution in [3.63, 3.8) is 0 Å². The van der Waals surface area contributed by atoms with E-state index in [1.54, 1.807) is 36.0 Å². The van der Waals surface area contributed by atoms with Gasteiger partial charge in [0.15, 0.2) is 0 Å². The van der Waals surface area contributed by atoms with Crippen molar-refractivity contribution in [2.45, 2.75) is 19.0 Å². The number of thioether (sulfide) groups is 1. The van der Waals surface area contributed by atoms with Gasteiger partial charge in [-0.15, -0.1) is 5.10 Å². The molecule has 0 atom stereocenters. The third-order valence-electron chi connectivity index (χ3n) is 2.74. The molecule has 1 heterocycles. The van der Waals surface area contributed by atoms with Crippen molar-refractivity contribution in [2.24, 2.45) is 0 Å². The van der Waals surface area contributed by atoms with Crippen LogP contribution in [0.25, 0.3) is 0 Å². The molecule has 0 saturated carbocycles. The van der Waals surface area contributed by atoms with Crippen LogP contribution in [-0.2, 0) is 4.74 Å². The lowest BCUT2D eigenvalue weighted by molar-refractivity contribution is 0.0601. The number of aromatic amines is 1. The van der Waals surface area contributed by atoms with E-state index in [2.05, 4.69) is 45.2 Å². The number of ether oxygens (including phenoxy) is 1. The normalized spacial score (nSPS) is 10.1. The number of esters is 1. The standard InChI is InChI=1S/C15H18N4O2S/c1-10(2)8-9-22-15-17-14(18-19-15)16-12-6-4-11(5-7-12)13(20)21-3/h4-8H,9H2,1-3H3,(H2,16,17,18,19). The van der Waals surface area contributed by atoms with E-state index < -0.39 is 0 Å². The van der Waals surface area contributed by atoms with Gasteiger partial charge in [-0.25, -0.2) is 9.89 Å². The van der Waals surface area contributed by atoms with Crippen molar-refractivity contribution in [3.8, 4) is 0 Å². The Bertz CT molecular complexity index is 660. The van der Waals surface area contributed by atoms with Crippen molar-refractivity contribution >= 4 is 29.4 Å². The maximum Gasteiger partial charge on any atom is 0.337 e. The number of H-pyrrole nitrogens is 1. The van der Waals surface area contributed by atoms with E-state index in [1.807, 2.05) is 0 Å². The molecule has 0 aliphatic rings. The molecule has 2 aromatic rings. The van der Waals surface area contributed by atoms with Gasteiger partial charge in [-0.3, -0.25) is 0 Å². The number of aromatic nitrogens is 3. The van der Waals surface area contributed by atoms with Gasteiger partial charge in [0.2, 0.25) is 11.1 Å². The fraction of sp³-hybridized carbons (Fsp3) is 0.267. The zero-order valence-corrected chi connectivity index (χ0v) is 13.5. The van der Waals surface area contributed by atoms with Crippen LogP contribution in [0.3, 0.4) is 0 Å². The summed E-state index contributed by atoms with van der Waals surface area (Å²) in [5.74, 6) is 1.04. The van der Waals surface area contributed by atoms with E-state index in [-0.39, 0.29) is 5.97 Å². The summed E-state index contributed by atoms with van der Waals surface area (Å²) in [6.45, 7) is 4.12. The predicted octanol–water partition coefficient (Wildman–Crippen LogP) is 3.39. The minimum Gasteiger partial charge on any atom is -0.465 e. The average molecular weight is 318 g/mol. The molecule has 1 aromatic heterocycles. The largest absolute Gasteiger partial charge is 0.465 e. The molecule has 7 heteroatoms. The number of hydrogen-bond acceptors (Lipinski definition) is 6. The van der Waals surface area contributed by atoms with Gasteiger partial charge in [-0.05, 0) is 38.1 Å². The topological polar surface area (TPSA) is 79.9 Å². The Morgan fingerprint density at radius 1 is 1.36 bits per heavy atom. The molecule has 0 aliphatic carbocycles. The summed E-state index contributed by atoms with van der Waals surface area (Å²) in [4.78, 5) is 15.7. The molecule has 116 valence electrons. The molecular weight excluding hydrogens is 300 g/mol. The molecular formula is C15H18N4O2S. The first-order valence-corrected chi connectivity index (χ1v) is 7.71. The Balaban J connectivity index is 1.95. The molecule has 0 fully saturated rings. The smallest absolute Gasteiger partial charge is 0.337 e. The van der Waals surface area contributed by atoms with E-state index in [1.165, 1.54) is 12.7 Å². The van der Waals surface area contributed by atoms with Gasteiger partial charge in [0.05, 0.1) is 12.7 Å². The molecule has 0 spiro atoms. The lowest BCUT2D eigenvalue weighted by atomic mass is 10.2. The van der Waals surface area contributed by atoms with Gasteiger partial charge in [0.1, 0.15) is 0 Å². The first-order chi connectivity index (χ1) is 10.6. The Kier molecular flexibility index (Phi) is 5.60. The zero-order chi connectivity index (χ0) is 15.9. The molecule has 0 saturated heterocycles. The number of allylic oxidation sites excluding steroid dienone is 1. The van der Waals surface area contributed by atoms with Crippen molar-refractivity contribution in [1.29, 1.82) is 0 Å². The highest BCUT2D eigenvalue weighted by molar-refractivity contribution is 7.99. The summed E-state index contributed by atoms with van der Waals surface area (Å²) in [6, 6.07) is 6.94. The van der Waals surface area contributed by atoms with Crippen molar-refractivity contribution < 1.29 is 9.53 Å². The van der Waals surface area contributed by atoms with Crippen molar-refractivity contribution in [3.05, 3.63) is 41.5 Å². The van der Waals surface area contributed by atoms with Gasteiger partial charge < -0.3 is 10.1 Å². The second kappa shape index (κ2) is 7.65. The third-order valence-corrected chi connectivity index (χ3v) is 3.51. The molecule has 22 heavy (non-hydrogen) atoms. The SMILES string of the molecule is COC(=O)c1ccc(Nc2nc(SCC=C(C)C)n[nH]2)cc1. The van der Waals surface area contributed by atoms with Crippen molar-refractivity contribution in [1.82, 2.24) is 15.2 Å². The number of methoxy groups -OCH3 is 1. The molecule has 0 amide bonds. The number of hydrogen-bond donors (Lipinski definition) is 2. The fourth-order valence-electron chi connectivity index (χ4n) is 1.59. The molecule has 2 rings (SSSR count). The number of carbonyl (C=O) groups is 1. The van der Waals surface area contributed by atoms with Crippen LogP contribution in [0.5, 0.6) is 0 Å². The van der Waals surface area contributed by atoms with Gasteiger partial charge in [0.25, 0.3) is 0 Å². The van der Waals surface area contributed by atoms with Gasteiger partial charge in [-0.1, -0.05) is 23.4 Å². The molecule has 1 aromatic carbocycles. The first-order valence-electron chi connectivity index (χ1n) is 6.72. The molecule has 0 aliphatic heterocycles. The molecule has 2 N–H and O–H groups in total. The second-order valence-corrected chi connectivity index (χ2v) is 5.74. The van der Waals surface area contributed by atoms with Crippen LogP contribution < -0.4 is 5.32 Å². The Morgan fingerprint density at radius 3 is 2.73 bits per heavy atom. The number of anilines is 2. The maximum atomic E-state index is 11.4. The van der Waals surface area contributed by atoms with Crippen LogP contribution in [0.4, 0.5) is 11.6 Å². The summed E-state index contributed by atoms with van der Waals surface area (Å²) in [5.41, 5.74) is 2.58. The highest BCUT2D eigenvalue weighted by atomic mass is 32.2. The number of rotatable bonds is 6. The molecule has 0 unspecified atom stereocenters. The second-order valence-electron chi connectivity index (χ2n) is 4.75. The first kappa shape index (κ1) is 16.1. The van der Waals surface area contributed by atoms with Crippen molar-refractivity contribution in [2.75, 3.05) is 18.2 Å². The van der Waals surface area contributed by atoms with Crippen LogP contribution >= 0.6 is 11.8 Å². The van der Waals surface area contributed by atoms with E-state index in [9.17, 15) is 4.79 Å². The van der Waals surface area contributed by atoms with Gasteiger partial charge in [0, 0.05) is 11.4 Å². The number of benzene rings is 1. The lowest BCUT2D eigenvalue weighted by Gasteiger charge is -2.03. The number of nitrogens with zero attached hydrogens (tertiary/aromatic N) is 2. The van der Waals surface area contributed by atoms with Gasteiger partial charge in [-0.2, -0.15) is 4.98 Å². The molecule has 0 bridgehead atoms. The van der Waals surface area contributed by atoms with E-state index in [0.29, 0.717) is 16.7 Å².